The minimum Gasteiger partial charge on any atom is -0.484 e. The molecular weight excluding hydrogens is 334 g/mol. The van der Waals surface area contributed by atoms with Crippen molar-refractivity contribution < 1.29 is 9.53 Å². The average molecular weight is 353 g/mol. The van der Waals surface area contributed by atoms with Crippen molar-refractivity contribution in [2.75, 3.05) is 13.2 Å². The Morgan fingerprint density at radius 1 is 1.19 bits per heavy atom. The lowest BCUT2D eigenvalue weighted by Crippen LogP contribution is -2.34. The molecule has 3 aromatic rings. The Labute approximate surface area is 150 Å². The molecule has 0 spiro atoms. The van der Waals surface area contributed by atoms with Gasteiger partial charge in [0.15, 0.2) is 12.4 Å². The van der Waals surface area contributed by atoms with E-state index in [4.69, 9.17) is 4.74 Å². The van der Waals surface area contributed by atoms with Gasteiger partial charge in [0.2, 0.25) is 0 Å². The van der Waals surface area contributed by atoms with Gasteiger partial charge in [0.05, 0.1) is 6.54 Å². The lowest BCUT2D eigenvalue weighted by Gasteiger charge is -2.07. The number of carbonyl (C=O) groups excluding carboxylic acids is 1. The van der Waals surface area contributed by atoms with Gasteiger partial charge in [-0.25, -0.2) is 9.48 Å². The van der Waals surface area contributed by atoms with E-state index in [0.29, 0.717) is 11.6 Å². The van der Waals surface area contributed by atoms with E-state index < -0.39 is 0 Å². The quantitative estimate of drug-likeness (QED) is 0.680. The van der Waals surface area contributed by atoms with Crippen molar-refractivity contribution >= 4 is 5.91 Å². The molecule has 0 unspecified atom stereocenters. The second kappa shape index (κ2) is 8.11. The van der Waals surface area contributed by atoms with E-state index in [9.17, 15) is 9.59 Å². The number of hydrogen-bond donors (Lipinski definition) is 1. The number of nitrogens with one attached hydrogen (secondary N) is 1. The summed E-state index contributed by atoms with van der Waals surface area (Å²) < 4.78 is 8.14. The summed E-state index contributed by atoms with van der Waals surface area (Å²) in [4.78, 5) is 28.1. The molecule has 1 amide bonds. The van der Waals surface area contributed by atoms with Crippen LogP contribution >= 0.6 is 0 Å². The Balaban J connectivity index is 1.54. The standard InChI is InChI=1S/C18H19N5O3/c1-22-17(14-6-5-9-19-12-14)21-23(18(22)25)11-10-20-16(24)13-26-15-7-3-2-4-8-15/h2-9,12H,10-11,13H2,1H3,(H,20,24). The zero-order valence-electron chi connectivity index (χ0n) is 14.3. The molecule has 0 saturated heterocycles. The number of amides is 1. The number of rotatable bonds is 7. The number of benzene rings is 1. The Morgan fingerprint density at radius 3 is 2.73 bits per heavy atom. The van der Waals surface area contributed by atoms with Gasteiger partial charge in [-0.1, -0.05) is 18.2 Å². The molecule has 0 aliphatic rings. The fraction of sp³-hybridized carbons (Fsp3) is 0.222. The van der Waals surface area contributed by atoms with E-state index in [1.54, 1.807) is 37.6 Å². The van der Waals surface area contributed by atoms with Crippen molar-refractivity contribution in [3.05, 3.63) is 65.3 Å². The van der Waals surface area contributed by atoms with Crippen LogP contribution in [-0.2, 0) is 18.4 Å². The van der Waals surface area contributed by atoms with Crippen molar-refractivity contribution in [3.63, 3.8) is 0 Å². The summed E-state index contributed by atoms with van der Waals surface area (Å²) in [5, 5.41) is 7.03. The summed E-state index contributed by atoms with van der Waals surface area (Å²) in [5.41, 5.74) is 0.504. The maximum atomic E-state index is 12.3. The first-order valence-corrected chi connectivity index (χ1v) is 8.14. The second-order valence-corrected chi connectivity index (χ2v) is 5.58. The molecule has 8 nitrogen and oxygen atoms in total. The fourth-order valence-corrected chi connectivity index (χ4v) is 2.40. The third-order valence-corrected chi connectivity index (χ3v) is 3.72. The molecule has 3 rings (SSSR count). The highest BCUT2D eigenvalue weighted by Gasteiger charge is 2.12. The molecule has 8 heteroatoms. The highest BCUT2D eigenvalue weighted by molar-refractivity contribution is 5.77. The fourth-order valence-electron chi connectivity index (χ4n) is 2.40. The Kier molecular flexibility index (Phi) is 5.43. The van der Waals surface area contributed by atoms with E-state index >= 15 is 0 Å². The first-order valence-electron chi connectivity index (χ1n) is 8.14. The number of pyridine rings is 1. The molecule has 0 saturated carbocycles. The smallest absolute Gasteiger partial charge is 0.345 e. The molecule has 0 atom stereocenters. The maximum Gasteiger partial charge on any atom is 0.345 e. The molecule has 2 heterocycles. The van der Waals surface area contributed by atoms with E-state index in [2.05, 4.69) is 15.4 Å². The van der Waals surface area contributed by atoms with Crippen LogP contribution in [0.25, 0.3) is 11.4 Å². The van der Waals surface area contributed by atoms with E-state index in [1.165, 1.54) is 9.25 Å². The molecule has 0 bridgehead atoms. The predicted octanol–water partition coefficient (Wildman–Crippen LogP) is 0.839. The van der Waals surface area contributed by atoms with Crippen molar-refractivity contribution in [1.82, 2.24) is 24.6 Å². The van der Waals surface area contributed by atoms with Crippen LogP contribution in [0, 0.1) is 0 Å². The molecule has 1 N–H and O–H groups in total. The first-order chi connectivity index (χ1) is 12.6. The molecule has 26 heavy (non-hydrogen) atoms. The zero-order chi connectivity index (χ0) is 18.4. The van der Waals surface area contributed by atoms with Gasteiger partial charge in [-0.2, -0.15) is 0 Å². The van der Waals surface area contributed by atoms with Gasteiger partial charge in [0.1, 0.15) is 5.75 Å². The number of aromatic nitrogens is 4. The zero-order valence-corrected chi connectivity index (χ0v) is 14.3. The van der Waals surface area contributed by atoms with E-state index in [-0.39, 0.29) is 31.3 Å². The van der Waals surface area contributed by atoms with E-state index in [0.717, 1.165) is 5.56 Å². The lowest BCUT2D eigenvalue weighted by molar-refractivity contribution is -0.123. The monoisotopic (exact) mass is 353 g/mol. The predicted molar refractivity (Wildman–Crippen MR) is 95.6 cm³/mol. The third kappa shape index (κ3) is 4.15. The minimum absolute atomic E-state index is 0.0813. The Bertz CT molecular complexity index is 919. The molecule has 0 aliphatic heterocycles. The van der Waals surface area contributed by atoms with Crippen LogP contribution in [0.5, 0.6) is 5.75 Å². The van der Waals surface area contributed by atoms with Gasteiger partial charge in [-0.05, 0) is 24.3 Å². The summed E-state index contributed by atoms with van der Waals surface area (Å²) in [6.45, 7) is 0.465. The summed E-state index contributed by atoms with van der Waals surface area (Å²) in [6.07, 6.45) is 3.31. The topological polar surface area (TPSA) is 91.0 Å². The number of carbonyl (C=O) groups is 1. The average Bonchev–Trinajstić information content (AvgIpc) is 2.96. The maximum absolute atomic E-state index is 12.3. The van der Waals surface area contributed by atoms with Gasteiger partial charge in [-0.3, -0.25) is 14.3 Å². The Hall–Kier alpha value is -3.42. The molecule has 0 fully saturated rings. The van der Waals surface area contributed by atoms with Crippen LogP contribution in [0.15, 0.2) is 59.7 Å². The second-order valence-electron chi connectivity index (χ2n) is 5.58. The highest BCUT2D eigenvalue weighted by atomic mass is 16.5. The molecule has 1 aromatic carbocycles. The first kappa shape index (κ1) is 17.4. The van der Waals surface area contributed by atoms with Crippen LogP contribution in [0.1, 0.15) is 0 Å². The third-order valence-electron chi connectivity index (χ3n) is 3.72. The molecule has 134 valence electrons. The van der Waals surface area contributed by atoms with Crippen molar-refractivity contribution in [2.45, 2.75) is 6.54 Å². The Morgan fingerprint density at radius 2 is 2.00 bits per heavy atom. The van der Waals surface area contributed by atoms with Crippen LogP contribution in [0.2, 0.25) is 0 Å². The molecule has 2 aromatic heterocycles. The SMILES string of the molecule is Cn1c(-c2cccnc2)nn(CCNC(=O)COc2ccccc2)c1=O. The van der Waals surface area contributed by atoms with Gasteiger partial charge >= 0.3 is 5.69 Å². The number of nitrogens with zero attached hydrogens (tertiary/aromatic N) is 4. The van der Waals surface area contributed by atoms with Crippen LogP contribution in [0.4, 0.5) is 0 Å². The number of hydrogen-bond acceptors (Lipinski definition) is 5. The van der Waals surface area contributed by atoms with Gasteiger partial charge < -0.3 is 10.1 Å². The van der Waals surface area contributed by atoms with Crippen LogP contribution < -0.4 is 15.7 Å². The van der Waals surface area contributed by atoms with Crippen molar-refractivity contribution in [1.29, 1.82) is 0 Å². The normalized spacial score (nSPS) is 10.5. The summed E-state index contributed by atoms with van der Waals surface area (Å²) >= 11 is 0. The van der Waals surface area contributed by atoms with Crippen molar-refractivity contribution in [2.24, 2.45) is 7.05 Å². The molecule has 0 aliphatic carbocycles. The highest BCUT2D eigenvalue weighted by Crippen LogP contribution is 2.12. The lowest BCUT2D eigenvalue weighted by atomic mass is 10.3. The minimum atomic E-state index is -0.259. The largest absolute Gasteiger partial charge is 0.484 e. The summed E-state index contributed by atoms with van der Waals surface area (Å²) in [6, 6.07) is 12.7. The van der Waals surface area contributed by atoms with Gasteiger partial charge in [-0.15, -0.1) is 5.10 Å². The summed E-state index contributed by atoms with van der Waals surface area (Å²) in [7, 11) is 1.65. The van der Waals surface area contributed by atoms with Gasteiger partial charge in [0.25, 0.3) is 5.91 Å². The summed E-state index contributed by atoms with van der Waals surface area (Å²) in [5.74, 6) is 0.900. The van der Waals surface area contributed by atoms with Gasteiger partial charge in [0, 0.05) is 31.5 Å². The molecular formula is C18H19N5O3. The number of ether oxygens (including phenoxy) is 1. The molecule has 0 radical (unpaired) electrons. The number of para-hydroxylation sites is 1. The van der Waals surface area contributed by atoms with E-state index in [1.807, 2.05) is 24.3 Å². The van der Waals surface area contributed by atoms with Crippen LogP contribution in [-0.4, -0.2) is 38.4 Å². The van der Waals surface area contributed by atoms with Crippen molar-refractivity contribution in [3.8, 4) is 17.1 Å². The van der Waals surface area contributed by atoms with Crippen LogP contribution in [0.3, 0.4) is 0 Å².